The molecular formula is C16H21N3. The molecule has 1 unspecified atom stereocenters. The van der Waals surface area contributed by atoms with E-state index in [1.165, 1.54) is 24.0 Å². The van der Waals surface area contributed by atoms with E-state index in [-0.39, 0.29) is 5.54 Å². The van der Waals surface area contributed by atoms with E-state index >= 15 is 0 Å². The Kier molecular flexibility index (Phi) is 3.15. The lowest BCUT2D eigenvalue weighted by molar-refractivity contribution is 0.386. The van der Waals surface area contributed by atoms with Gasteiger partial charge < -0.3 is 10.3 Å². The maximum atomic E-state index is 6.78. The van der Waals surface area contributed by atoms with Crippen LogP contribution in [-0.4, -0.2) is 9.55 Å². The fourth-order valence-electron chi connectivity index (χ4n) is 3.15. The lowest BCUT2D eigenvalue weighted by Gasteiger charge is -2.30. The van der Waals surface area contributed by atoms with E-state index in [4.69, 9.17) is 5.73 Å². The van der Waals surface area contributed by atoms with Crippen LogP contribution in [0.2, 0.25) is 0 Å². The Morgan fingerprint density at radius 3 is 2.95 bits per heavy atom. The average molecular weight is 255 g/mol. The molecule has 3 nitrogen and oxygen atoms in total. The molecule has 3 heteroatoms. The summed E-state index contributed by atoms with van der Waals surface area (Å²) in [6.07, 6.45) is 9.26. The highest BCUT2D eigenvalue weighted by Gasteiger charge is 2.32. The normalized spacial score (nSPS) is 22.8. The van der Waals surface area contributed by atoms with Crippen molar-refractivity contribution in [1.29, 1.82) is 0 Å². The Morgan fingerprint density at radius 1 is 1.32 bits per heavy atom. The molecule has 0 spiro atoms. The van der Waals surface area contributed by atoms with Crippen molar-refractivity contribution < 1.29 is 0 Å². The van der Waals surface area contributed by atoms with Gasteiger partial charge in [-0.15, -0.1) is 0 Å². The third-order valence-electron chi connectivity index (χ3n) is 4.27. The van der Waals surface area contributed by atoms with Crippen LogP contribution in [0.1, 0.15) is 36.2 Å². The molecule has 0 saturated carbocycles. The van der Waals surface area contributed by atoms with Crippen LogP contribution in [0.4, 0.5) is 0 Å². The van der Waals surface area contributed by atoms with Gasteiger partial charge in [0, 0.05) is 31.4 Å². The zero-order chi connectivity index (χ0) is 13.3. The molecule has 19 heavy (non-hydrogen) atoms. The monoisotopic (exact) mass is 255 g/mol. The third kappa shape index (κ3) is 2.30. The lowest BCUT2D eigenvalue weighted by Crippen LogP contribution is -2.40. The minimum Gasteiger partial charge on any atom is -0.338 e. The minimum absolute atomic E-state index is 0.272. The molecular weight excluding hydrogens is 234 g/mol. The fourth-order valence-corrected chi connectivity index (χ4v) is 3.15. The smallest absolute Gasteiger partial charge is 0.110 e. The second kappa shape index (κ2) is 4.82. The largest absolute Gasteiger partial charge is 0.338 e. The first-order chi connectivity index (χ1) is 9.19. The molecule has 0 bridgehead atoms. The van der Waals surface area contributed by atoms with Gasteiger partial charge in [0.05, 0.1) is 0 Å². The summed E-state index contributed by atoms with van der Waals surface area (Å²) in [4.78, 5) is 4.44. The molecule has 1 aliphatic rings. The molecule has 0 amide bonds. The molecule has 0 fully saturated rings. The van der Waals surface area contributed by atoms with Crippen molar-refractivity contribution in [3.8, 4) is 0 Å². The second-order valence-corrected chi connectivity index (χ2v) is 5.65. The van der Waals surface area contributed by atoms with E-state index in [1.54, 1.807) is 0 Å². The Morgan fingerprint density at radius 2 is 2.16 bits per heavy atom. The Bertz CT molecular complexity index is 573. The minimum atomic E-state index is -0.272. The molecule has 2 N–H and O–H groups in total. The number of nitrogens with two attached hydrogens (primary N) is 1. The molecule has 1 aromatic carbocycles. The third-order valence-corrected chi connectivity index (χ3v) is 4.27. The van der Waals surface area contributed by atoms with Crippen LogP contribution in [0, 0.1) is 0 Å². The van der Waals surface area contributed by atoms with Gasteiger partial charge in [0.1, 0.15) is 5.82 Å². The van der Waals surface area contributed by atoms with Crippen LogP contribution in [0.15, 0.2) is 36.7 Å². The first kappa shape index (κ1) is 12.4. The van der Waals surface area contributed by atoms with E-state index in [1.807, 2.05) is 19.4 Å². The van der Waals surface area contributed by atoms with E-state index < -0.39 is 0 Å². The molecule has 1 aromatic heterocycles. The number of benzene rings is 1. The fraction of sp³-hybridized carbons (Fsp3) is 0.438. The van der Waals surface area contributed by atoms with Crippen molar-refractivity contribution in [2.45, 2.75) is 37.6 Å². The quantitative estimate of drug-likeness (QED) is 0.838. The van der Waals surface area contributed by atoms with Gasteiger partial charge in [-0.1, -0.05) is 30.7 Å². The number of hydrogen-bond donors (Lipinski definition) is 1. The van der Waals surface area contributed by atoms with E-state index in [0.29, 0.717) is 0 Å². The molecule has 3 rings (SSSR count). The van der Waals surface area contributed by atoms with Crippen LogP contribution in [0.5, 0.6) is 0 Å². The van der Waals surface area contributed by atoms with Gasteiger partial charge in [0.2, 0.25) is 0 Å². The maximum absolute atomic E-state index is 6.78. The summed E-state index contributed by atoms with van der Waals surface area (Å²) in [5.74, 6) is 1.07. The van der Waals surface area contributed by atoms with Crippen LogP contribution >= 0.6 is 0 Å². The number of nitrogens with zero attached hydrogens (tertiary/aromatic N) is 2. The number of aromatic nitrogens is 2. The van der Waals surface area contributed by atoms with Crippen molar-refractivity contribution in [3.05, 3.63) is 53.6 Å². The topological polar surface area (TPSA) is 43.8 Å². The van der Waals surface area contributed by atoms with Gasteiger partial charge in [0.25, 0.3) is 0 Å². The van der Waals surface area contributed by atoms with E-state index in [2.05, 4.69) is 33.8 Å². The van der Waals surface area contributed by atoms with Crippen molar-refractivity contribution in [2.24, 2.45) is 12.8 Å². The van der Waals surface area contributed by atoms with Gasteiger partial charge in [-0.25, -0.2) is 4.98 Å². The molecule has 1 heterocycles. The summed E-state index contributed by atoms with van der Waals surface area (Å²) in [5.41, 5.74) is 9.23. The highest BCUT2D eigenvalue weighted by atomic mass is 15.0. The predicted molar refractivity (Wildman–Crippen MR) is 76.8 cm³/mol. The molecule has 0 saturated heterocycles. The second-order valence-electron chi connectivity index (χ2n) is 5.65. The van der Waals surface area contributed by atoms with Crippen LogP contribution in [-0.2, 0) is 25.4 Å². The summed E-state index contributed by atoms with van der Waals surface area (Å²) >= 11 is 0. The highest BCUT2D eigenvalue weighted by Crippen LogP contribution is 2.34. The first-order valence-electron chi connectivity index (χ1n) is 7.02. The highest BCUT2D eigenvalue weighted by molar-refractivity contribution is 5.35. The first-order valence-corrected chi connectivity index (χ1v) is 7.02. The standard InChI is InChI=1S/C16H21N3/c1-19-11-10-18-15(19)12-16(17)9-5-4-7-13-6-2-3-8-14(13)16/h2-3,6,8,10-11H,4-5,7,9,12,17H2,1H3. The van der Waals surface area contributed by atoms with Crippen molar-refractivity contribution in [3.63, 3.8) is 0 Å². The number of imidazole rings is 1. The van der Waals surface area contributed by atoms with Crippen molar-refractivity contribution >= 4 is 0 Å². The SMILES string of the molecule is Cn1ccnc1CC1(N)CCCCc2ccccc21. The molecule has 0 radical (unpaired) electrons. The van der Waals surface area contributed by atoms with Crippen LogP contribution < -0.4 is 5.73 Å². The predicted octanol–water partition coefficient (Wildman–Crippen LogP) is 2.54. The van der Waals surface area contributed by atoms with Gasteiger partial charge in [0.15, 0.2) is 0 Å². The zero-order valence-electron chi connectivity index (χ0n) is 11.5. The zero-order valence-corrected chi connectivity index (χ0v) is 11.5. The summed E-state index contributed by atoms with van der Waals surface area (Å²) in [6, 6.07) is 8.64. The Labute approximate surface area is 114 Å². The van der Waals surface area contributed by atoms with Crippen molar-refractivity contribution in [2.75, 3.05) is 0 Å². The van der Waals surface area contributed by atoms with Gasteiger partial charge in [-0.05, 0) is 30.4 Å². The molecule has 1 atom stereocenters. The van der Waals surface area contributed by atoms with Gasteiger partial charge in [-0.3, -0.25) is 0 Å². The summed E-state index contributed by atoms with van der Waals surface area (Å²) in [7, 11) is 2.04. The van der Waals surface area contributed by atoms with Crippen LogP contribution in [0.25, 0.3) is 0 Å². The lowest BCUT2D eigenvalue weighted by atomic mass is 9.82. The van der Waals surface area contributed by atoms with Crippen LogP contribution in [0.3, 0.4) is 0 Å². The summed E-state index contributed by atoms with van der Waals surface area (Å²) in [5, 5.41) is 0. The Balaban J connectivity index is 2.00. The van der Waals surface area contributed by atoms with E-state index in [9.17, 15) is 0 Å². The molecule has 100 valence electrons. The average Bonchev–Trinajstić information content (AvgIpc) is 2.72. The van der Waals surface area contributed by atoms with Gasteiger partial charge in [-0.2, -0.15) is 0 Å². The van der Waals surface area contributed by atoms with E-state index in [0.717, 1.165) is 25.1 Å². The number of fused-ring (bicyclic) bond motifs is 1. The molecule has 0 aliphatic heterocycles. The number of rotatable bonds is 2. The molecule has 1 aliphatic carbocycles. The van der Waals surface area contributed by atoms with Crippen molar-refractivity contribution in [1.82, 2.24) is 9.55 Å². The number of hydrogen-bond acceptors (Lipinski definition) is 2. The number of aryl methyl sites for hydroxylation is 2. The van der Waals surface area contributed by atoms with Gasteiger partial charge >= 0.3 is 0 Å². The summed E-state index contributed by atoms with van der Waals surface area (Å²) < 4.78 is 2.07. The molecule has 2 aromatic rings. The Hall–Kier alpha value is -1.61. The maximum Gasteiger partial charge on any atom is 0.110 e. The summed E-state index contributed by atoms with van der Waals surface area (Å²) in [6.45, 7) is 0.